The molecule has 2 aliphatic rings. The second kappa shape index (κ2) is 8.64. The van der Waals surface area contributed by atoms with Crippen LogP contribution in [-0.2, 0) is 33.9 Å². The van der Waals surface area contributed by atoms with Gasteiger partial charge in [-0.05, 0) is 33.1 Å². The molecule has 4 atom stereocenters. The van der Waals surface area contributed by atoms with Crippen molar-refractivity contribution >= 4 is 33.9 Å². The van der Waals surface area contributed by atoms with Gasteiger partial charge in [0.2, 0.25) is 15.9 Å². The van der Waals surface area contributed by atoms with Crippen LogP contribution in [0.5, 0.6) is 0 Å². The Hall–Kier alpha value is -2.37. The quantitative estimate of drug-likeness (QED) is 0.536. The molecule has 2 fully saturated rings. The normalized spacial score (nSPS) is 27.9. The molecule has 1 unspecified atom stereocenters. The summed E-state index contributed by atoms with van der Waals surface area (Å²) in [4.78, 5) is 50.9. The van der Waals surface area contributed by atoms with E-state index in [4.69, 9.17) is 9.47 Å². The summed E-state index contributed by atoms with van der Waals surface area (Å²) in [6, 6.07) is -1.04. The van der Waals surface area contributed by atoms with E-state index in [2.05, 4.69) is 5.32 Å². The molecule has 31 heavy (non-hydrogen) atoms. The molecule has 12 heteroatoms. The fourth-order valence-corrected chi connectivity index (χ4v) is 4.28. The fourth-order valence-electron chi connectivity index (χ4n) is 3.76. The first-order valence-electron chi connectivity index (χ1n) is 10.1. The molecule has 1 aliphatic heterocycles. The van der Waals surface area contributed by atoms with Crippen molar-refractivity contribution < 1.29 is 37.1 Å². The summed E-state index contributed by atoms with van der Waals surface area (Å²) in [5.74, 6) is -2.24. The molecule has 3 amide bonds. The summed E-state index contributed by atoms with van der Waals surface area (Å²) in [5, 5.41) is 2.65. The Kier molecular flexibility index (Phi) is 6.94. The van der Waals surface area contributed by atoms with Crippen molar-refractivity contribution in [2.75, 3.05) is 12.8 Å². The number of ether oxygens (including phenoxy) is 2. The van der Waals surface area contributed by atoms with Gasteiger partial charge >= 0.3 is 12.1 Å². The summed E-state index contributed by atoms with van der Waals surface area (Å²) in [7, 11) is -3.81. The molecule has 0 aromatic carbocycles. The molecule has 0 radical (unpaired) electrons. The highest BCUT2D eigenvalue weighted by Gasteiger charge is 2.61. The number of hydrogen-bond donors (Lipinski definition) is 2. The molecule has 11 nitrogen and oxygen atoms in total. The number of likely N-dealkylation sites (tertiary alicyclic amines) is 1. The van der Waals surface area contributed by atoms with Crippen LogP contribution in [0.25, 0.3) is 0 Å². The van der Waals surface area contributed by atoms with Crippen molar-refractivity contribution in [1.82, 2.24) is 14.9 Å². The highest BCUT2D eigenvalue weighted by Crippen LogP contribution is 2.46. The summed E-state index contributed by atoms with van der Waals surface area (Å²) < 4.78 is 35.5. The third-order valence-electron chi connectivity index (χ3n) is 5.15. The monoisotopic (exact) mass is 461 g/mol. The van der Waals surface area contributed by atoms with Crippen molar-refractivity contribution in [2.24, 2.45) is 5.92 Å². The molecule has 0 aromatic heterocycles. The average Bonchev–Trinajstić information content (AvgIpc) is 3.12. The minimum Gasteiger partial charge on any atom is -0.461 e. The van der Waals surface area contributed by atoms with Crippen LogP contribution in [0.2, 0.25) is 0 Å². The van der Waals surface area contributed by atoms with Gasteiger partial charge in [-0.15, -0.1) is 0 Å². The molecule has 2 N–H and O–H groups in total. The van der Waals surface area contributed by atoms with Gasteiger partial charge in [-0.25, -0.2) is 13.2 Å². The van der Waals surface area contributed by atoms with E-state index >= 15 is 0 Å². The Balaban J connectivity index is 2.23. The predicted molar refractivity (Wildman–Crippen MR) is 109 cm³/mol. The lowest BCUT2D eigenvalue weighted by Crippen LogP contribution is -2.56. The van der Waals surface area contributed by atoms with E-state index in [0.717, 1.165) is 6.26 Å². The topological polar surface area (TPSA) is 148 Å². The van der Waals surface area contributed by atoms with E-state index in [1.807, 2.05) is 11.6 Å². The van der Waals surface area contributed by atoms with Gasteiger partial charge in [-0.1, -0.05) is 13.3 Å². The predicted octanol–water partition coefficient (Wildman–Crippen LogP) is 0.288. The lowest BCUT2D eigenvalue weighted by Gasteiger charge is -2.29. The first kappa shape index (κ1) is 24.9. The first-order valence-corrected chi connectivity index (χ1v) is 12.0. The van der Waals surface area contributed by atoms with Crippen LogP contribution >= 0.6 is 0 Å². The van der Waals surface area contributed by atoms with E-state index in [1.165, 1.54) is 11.8 Å². The molecule has 1 heterocycles. The van der Waals surface area contributed by atoms with Crippen LogP contribution in [0.4, 0.5) is 4.79 Å². The van der Waals surface area contributed by atoms with Gasteiger partial charge in [-0.2, -0.15) is 0 Å². The Labute approximate surface area is 182 Å². The van der Waals surface area contributed by atoms with Crippen molar-refractivity contribution in [3.8, 4) is 0 Å². The van der Waals surface area contributed by atoms with Crippen LogP contribution in [0.3, 0.4) is 0 Å². The second-order valence-corrected chi connectivity index (χ2v) is 10.8. The average molecular weight is 462 g/mol. The van der Waals surface area contributed by atoms with E-state index < -0.39 is 57.2 Å². The lowest BCUT2D eigenvalue weighted by molar-refractivity contribution is -0.145. The summed E-state index contributed by atoms with van der Waals surface area (Å²) in [6.07, 6.45) is 0.263. The summed E-state index contributed by atoms with van der Waals surface area (Å²) >= 11 is 0. The van der Waals surface area contributed by atoms with Gasteiger partial charge in [-0.3, -0.25) is 24.0 Å². The molecule has 0 bridgehead atoms. The molecular formula is C19H31N3O8S. The molecule has 176 valence electrons. The zero-order chi connectivity index (χ0) is 23.8. The van der Waals surface area contributed by atoms with E-state index in [1.54, 1.807) is 20.8 Å². The van der Waals surface area contributed by atoms with Crippen LogP contribution in [0.1, 0.15) is 53.9 Å². The Morgan fingerprint density at radius 3 is 2.26 bits per heavy atom. The number of nitrogens with zero attached hydrogens (tertiary/aromatic N) is 1. The zero-order valence-electron chi connectivity index (χ0n) is 18.7. The number of nitrogens with one attached hydrogen (secondary N) is 2. The molecule has 0 spiro atoms. The highest BCUT2D eigenvalue weighted by molar-refractivity contribution is 7.89. The summed E-state index contributed by atoms with van der Waals surface area (Å²) in [6.45, 7) is 8.06. The third-order valence-corrected chi connectivity index (χ3v) is 5.71. The standard InChI is InChI=1S/C19H31N3O8S/c1-7-12-9-19(12,16(25)21-31(6,27)28)20-15(24)14-8-13(29-11(2)23)10-22(14)17(26)30-18(3,4)5/h12-14H,7-10H2,1-6H3,(H,20,24)(H,21,25)/t12-,13-,14+,19?/m1/s1. The third kappa shape index (κ3) is 6.31. The largest absolute Gasteiger partial charge is 0.461 e. The number of rotatable bonds is 6. The molecule has 1 saturated carbocycles. The minimum atomic E-state index is -3.81. The zero-order valence-corrected chi connectivity index (χ0v) is 19.5. The van der Waals surface area contributed by atoms with Crippen molar-refractivity contribution in [3.63, 3.8) is 0 Å². The van der Waals surface area contributed by atoms with Crippen molar-refractivity contribution in [1.29, 1.82) is 0 Å². The van der Waals surface area contributed by atoms with Gasteiger partial charge in [0.25, 0.3) is 5.91 Å². The maximum absolute atomic E-state index is 13.1. The molecular weight excluding hydrogens is 430 g/mol. The Bertz CT molecular complexity index is 866. The molecule has 0 aromatic rings. The fraction of sp³-hybridized carbons (Fsp3) is 0.789. The molecule has 1 aliphatic carbocycles. The lowest BCUT2D eigenvalue weighted by atomic mass is 10.1. The van der Waals surface area contributed by atoms with Crippen LogP contribution in [0, 0.1) is 5.92 Å². The van der Waals surface area contributed by atoms with Gasteiger partial charge in [0.05, 0.1) is 12.8 Å². The van der Waals surface area contributed by atoms with Gasteiger partial charge < -0.3 is 14.8 Å². The van der Waals surface area contributed by atoms with Crippen LogP contribution < -0.4 is 10.0 Å². The number of carbonyl (C=O) groups excluding carboxylic acids is 4. The number of sulfonamides is 1. The van der Waals surface area contributed by atoms with Gasteiger partial charge in [0.15, 0.2) is 0 Å². The SMILES string of the molecule is CC[C@@H]1CC1(NC(=O)[C@@H]1C[C@@H](OC(C)=O)CN1C(=O)OC(C)(C)C)C(=O)NS(C)(=O)=O. The van der Waals surface area contributed by atoms with Gasteiger partial charge in [0.1, 0.15) is 23.3 Å². The maximum Gasteiger partial charge on any atom is 0.411 e. The van der Waals surface area contributed by atoms with Gasteiger partial charge in [0, 0.05) is 13.3 Å². The van der Waals surface area contributed by atoms with E-state index in [0.29, 0.717) is 6.42 Å². The number of esters is 1. The maximum atomic E-state index is 13.1. The van der Waals surface area contributed by atoms with Crippen molar-refractivity contribution in [3.05, 3.63) is 0 Å². The summed E-state index contributed by atoms with van der Waals surface area (Å²) in [5.41, 5.74) is -2.17. The Morgan fingerprint density at radius 1 is 1.19 bits per heavy atom. The van der Waals surface area contributed by atoms with Crippen molar-refractivity contribution in [2.45, 2.75) is 77.2 Å². The van der Waals surface area contributed by atoms with E-state index in [9.17, 15) is 27.6 Å². The molecule has 1 saturated heterocycles. The number of hydrogen-bond acceptors (Lipinski definition) is 8. The van der Waals surface area contributed by atoms with E-state index in [-0.39, 0.29) is 25.3 Å². The smallest absolute Gasteiger partial charge is 0.411 e. The second-order valence-electron chi connectivity index (χ2n) is 9.09. The molecule has 2 rings (SSSR count). The number of carbonyl (C=O) groups is 4. The Morgan fingerprint density at radius 2 is 1.81 bits per heavy atom. The highest BCUT2D eigenvalue weighted by atomic mass is 32.2. The first-order chi connectivity index (χ1) is 14.1. The van der Waals surface area contributed by atoms with Crippen LogP contribution in [0.15, 0.2) is 0 Å². The number of amides is 3. The van der Waals surface area contributed by atoms with Crippen LogP contribution in [-0.4, -0.2) is 73.3 Å². The minimum absolute atomic E-state index is 0.0330.